The summed E-state index contributed by atoms with van der Waals surface area (Å²) in [5, 5.41) is 7.42. The minimum absolute atomic E-state index is 0.552. The van der Waals surface area contributed by atoms with Crippen LogP contribution in [0.25, 0.3) is 11.4 Å². The molecule has 1 aliphatic rings. The summed E-state index contributed by atoms with van der Waals surface area (Å²) >= 11 is 3.45. The summed E-state index contributed by atoms with van der Waals surface area (Å²) < 4.78 is 6.36. The zero-order chi connectivity index (χ0) is 13.9. The van der Waals surface area contributed by atoms with E-state index >= 15 is 0 Å². The molecular weight excluding hydrogens is 320 g/mol. The largest absolute Gasteiger partial charge is 0.338 e. The lowest BCUT2D eigenvalue weighted by Crippen LogP contribution is -2.32. The van der Waals surface area contributed by atoms with E-state index in [1.54, 1.807) is 0 Å². The number of hydrogen-bond acceptors (Lipinski definition) is 5. The van der Waals surface area contributed by atoms with Gasteiger partial charge in [0.2, 0.25) is 11.7 Å². The summed E-state index contributed by atoms with van der Waals surface area (Å²) in [6.45, 7) is 2.80. The molecule has 0 bridgehead atoms. The van der Waals surface area contributed by atoms with Crippen molar-refractivity contribution in [2.75, 3.05) is 20.1 Å². The van der Waals surface area contributed by atoms with Crippen molar-refractivity contribution in [2.45, 2.75) is 19.0 Å². The summed E-state index contributed by atoms with van der Waals surface area (Å²) in [4.78, 5) is 6.73. The molecule has 5 nitrogen and oxygen atoms in total. The summed E-state index contributed by atoms with van der Waals surface area (Å²) in [6, 6.07) is 8.46. The van der Waals surface area contributed by atoms with Gasteiger partial charge in [0.05, 0.1) is 6.54 Å². The van der Waals surface area contributed by atoms with Crippen LogP contribution in [-0.2, 0) is 6.54 Å². The molecule has 20 heavy (non-hydrogen) atoms. The molecule has 2 heterocycles. The van der Waals surface area contributed by atoms with Gasteiger partial charge in [-0.2, -0.15) is 4.98 Å². The first-order valence-electron chi connectivity index (χ1n) is 6.72. The van der Waals surface area contributed by atoms with Crippen LogP contribution in [0, 0.1) is 0 Å². The first kappa shape index (κ1) is 13.7. The van der Waals surface area contributed by atoms with Gasteiger partial charge >= 0.3 is 0 Å². The first-order chi connectivity index (χ1) is 9.72. The van der Waals surface area contributed by atoms with Crippen LogP contribution in [0.2, 0.25) is 0 Å². The Morgan fingerprint density at radius 1 is 1.50 bits per heavy atom. The molecule has 1 saturated heterocycles. The Labute approximate surface area is 126 Å². The summed E-state index contributed by atoms with van der Waals surface area (Å²) in [7, 11) is 2.10. The van der Waals surface area contributed by atoms with E-state index in [-0.39, 0.29) is 0 Å². The third-order valence-corrected chi connectivity index (χ3v) is 4.09. The van der Waals surface area contributed by atoms with Gasteiger partial charge in [-0.1, -0.05) is 33.2 Å². The minimum Gasteiger partial charge on any atom is -0.338 e. The topological polar surface area (TPSA) is 54.2 Å². The minimum atomic E-state index is 0.552. The van der Waals surface area contributed by atoms with E-state index in [4.69, 9.17) is 4.52 Å². The fourth-order valence-corrected chi connectivity index (χ4v) is 2.82. The Morgan fingerprint density at radius 3 is 3.15 bits per heavy atom. The van der Waals surface area contributed by atoms with Crippen LogP contribution in [0.4, 0.5) is 0 Å². The molecule has 1 unspecified atom stereocenters. The van der Waals surface area contributed by atoms with Gasteiger partial charge in [-0.05, 0) is 32.1 Å². The number of aromatic nitrogens is 2. The van der Waals surface area contributed by atoms with E-state index < -0.39 is 0 Å². The van der Waals surface area contributed by atoms with Crippen LogP contribution in [0.15, 0.2) is 33.3 Å². The molecule has 1 aromatic carbocycles. The predicted molar refractivity (Wildman–Crippen MR) is 80.2 cm³/mol. The SMILES string of the molecule is CN(Cc1nc(-c2cccc(Br)c2)no1)C1CCNC1. The van der Waals surface area contributed by atoms with Crippen molar-refractivity contribution in [3.63, 3.8) is 0 Å². The standard InChI is InChI=1S/C14H17BrN4O/c1-19(12-5-6-16-8-12)9-13-17-14(18-20-13)10-3-2-4-11(15)7-10/h2-4,7,12,16H,5-6,8-9H2,1H3. The molecule has 0 radical (unpaired) electrons. The van der Waals surface area contributed by atoms with Gasteiger partial charge in [-0.25, -0.2) is 0 Å². The quantitative estimate of drug-likeness (QED) is 0.928. The lowest BCUT2D eigenvalue weighted by atomic mass is 10.2. The fourth-order valence-electron chi connectivity index (χ4n) is 2.42. The highest BCUT2D eigenvalue weighted by Crippen LogP contribution is 2.21. The molecule has 1 aromatic heterocycles. The van der Waals surface area contributed by atoms with Crippen LogP contribution >= 0.6 is 15.9 Å². The third-order valence-electron chi connectivity index (χ3n) is 3.59. The number of hydrogen-bond donors (Lipinski definition) is 1. The van der Waals surface area contributed by atoms with E-state index in [9.17, 15) is 0 Å². The van der Waals surface area contributed by atoms with Crippen molar-refractivity contribution < 1.29 is 4.52 Å². The van der Waals surface area contributed by atoms with Gasteiger partial charge < -0.3 is 9.84 Å². The molecule has 106 valence electrons. The van der Waals surface area contributed by atoms with Gasteiger partial charge in [0.15, 0.2) is 0 Å². The molecule has 0 amide bonds. The van der Waals surface area contributed by atoms with Crippen molar-refractivity contribution in [1.29, 1.82) is 0 Å². The Hall–Kier alpha value is -1.24. The number of likely N-dealkylation sites (N-methyl/N-ethyl adjacent to an activating group) is 1. The van der Waals surface area contributed by atoms with Gasteiger partial charge in [0.25, 0.3) is 0 Å². The molecule has 1 atom stereocenters. The van der Waals surface area contributed by atoms with E-state index in [0.717, 1.165) is 23.1 Å². The predicted octanol–water partition coefficient (Wildman–Crippen LogP) is 2.29. The molecule has 0 spiro atoms. The highest BCUT2D eigenvalue weighted by molar-refractivity contribution is 9.10. The molecule has 2 aromatic rings. The van der Waals surface area contributed by atoms with Crippen LogP contribution < -0.4 is 5.32 Å². The van der Waals surface area contributed by atoms with Crippen molar-refractivity contribution in [2.24, 2.45) is 0 Å². The highest BCUT2D eigenvalue weighted by atomic mass is 79.9. The van der Waals surface area contributed by atoms with Crippen molar-refractivity contribution in [3.8, 4) is 11.4 Å². The van der Waals surface area contributed by atoms with E-state index in [2.05, 4.69) is 43.3 Å². The summed E-state index contributed by atoms with van der Waals surface area (Å²) in [5.74, 6) is 1.30. The van der Waals surface area contributed by atoms with Crippen LogP contribution in [-0.4, -0.2) is 41.2 Å². The first-order valence-corrected chi connectivity index (χ1v) is 7.51. The van der Waals surface area contributed by atoms with E-state index in [1.807, 2.05) is 24.3 Å². The second kappa shape index (κ2) is 6.03. The molecule has 6 heteroatoms. The Bertz CT molecular complexity index is 580. The van der Waals surface area contributed by atoms with Gasteiger partial charge in [-0.3, -0.25) is 4.90 Å². The van der Waals surface area contributed by atoms with Crippen LogP contribution in [0.5, 0.6) is 0 Å². The Balaban J connectivity index is 1.70. The lowest BCUT2D eigenvalue weighted by Gasteiger charge is -2.21. The molecule has 0 aliphatic carbocycles. The van der Waals surface area contributed by atoms with E-state index in [1.165, 1.54) is 6.42 Å². The zero-order valence-electron chi connectivity index (χ0n) is 11.3. The molecule has 0 saturated carbocycles. The monoisotopic (exact) mass is 336 g/mol. The maximum absolute atomic E-state index is 5.35. The van der Waals surface area contributed by atoms with Gasteiger partial charge in [-0.15, -0.1) is 0 Å². The second-order valence-electron chi connectivity index (χ2n) is 5.08. The molecule has 1 aliphatic heterocycles. The highest BCUT2D eigenvalue weighted by Gasteiger charge is 2.21. The van der Waals surface area contributed by atoms with E-state index in [0.29, 0.717) is 24.3 Å². The summed E-state index contributed by atoms with van der Waals surface area (Å²) in [5.41, 5.74) is 0.958. The number of halogens is 1. The molecule has 1 fully saturated rings. The molecule has 1 N–H and O–H groups in total. The maximum Gasteiger partial charge on any atom is 0.241 e. The Morgan fingerprint density at radius 2 is 2.40 bits per heavy atom. The Kier molecular flexibility index (Phi) is 4.14. The molecular formula is C14H17BrN4O. The second-order valence-corrected chi connectivity index (χ2v) is 6.00. The number of nitrogens with zero attached hydrogens (tertiary/aromatic N) is 3. The van der Waals surface area contributed by atoms with Crippen LogP contribution in [0.3, 0.4) is 0 Å². The number of benzene rings is 1. The average molecular weight is 337 g/mol. The van der Waals surface area contributed by atoms with Crippen molar-refractivity contribution >= 4 is 15.9 Å². The van der Waals surface area contributed by atoms with Crippen molar-refractivity contribution in [1.82, 2.24) is 20.4 Å². The number of rotatable bonds is 4. The fraction of sp³-hybridized carbons (Fsp3) is 0.429. The van der Waals surface area contributed by atoms with Crippen molar-refractivity contribution in [3.05, 3.63) is 34.6 Å². The smallest absolute Gasteiger partial charge is 0.241 e. The normalized spacial score (nSPS) is 18.9. The maximum atomic E-state index is 5.35. The zero-order valence-corrected chi connectivity index (χ0v) is 12.9. The third kappa shape index (κ3) is 3.08. The average Bonchev–Trinajstić information content (AvgIpc) is 3.10. The summed E-state index contributed by atoms with van der Waals surface area (Å²) in [6.07, 6.45) is 1.17. The van der Waals surface area contributed by atoms with Crippen LogP contribution in [0.1, 0.15) is 12.3 Å². The van der Waals surface area contributed by atoms with Gasteiger partial charge in [0, 0.05) is 22.6 Å². The molecule has 3 rings (SSSR count). The lowest BCUT2D eigenvalue weighted by molar-refractivity contribution is 0.214. The number of nitrogens with one attached hydrogen (secondary N) is 1. The van der Waals surface area contributed by atoms with Gasteiger partial charge in [0.1, 0.15) is 0 Å².